The Balaban J connectivity index is 2.32. The highest BCUT2D eigenvalue weighted by molar-refractivity contribution is 9.11. The van der Waals surface area contributed by atoms with Gasteiger partial charge in [-0.15, -0.1) is 0 Å². The molecule has 17 heavy (non-hydrogen) atoms. The van der Waals surface area contributed by atoms with Crippen molar-refractivity contribution in [1.82, 2.24) is 9.97 Å². The molecular formula is C11H6Br2N4. The Morgan fingerprint density at radius 2 is 2.06 bits per heavy atom. The van der Waals surface area contributed by atoms with Crippen molar-refractivity contribution in [3.63, 3.8) is 0 Å². The summed E-state index contributed by atoms with van der Waals surface area (Å²) in [5.41, 5.74) is 1.44. The van der Waals surface area contributed by atoms with Crippen LogP contribution in [0.5, 0.6) is 0 Å². The summed E-state index contributed by atoms with van der Waals surface area (Å²) in [5, 5.41) is 11.9. The molecule has 0 aliphatic heterocycles. The van der Waals surface area contributed by atoms with E-state index < -0.39 is 0 Å². The van der Waals surface area contributed by atoms with Crippen LogP contribution < -0.4 is 5.32 Å². The second-order valence-electron chi connectivity index (χ2n) is 3.15. The number of anilines is 2. The third-order valence-corrected chi connectivity index (χ3v) is 3.26. The van der Waals surface area contributed by atoms with Crippen molar-refractivity contribution in [2.45, 2.75) is 0 Å². The maximum absolute atomic E-state index is 8.77. The molecule has 84 valence electrons. The van der Waals surface area contributed by atoms with Crippen molar-refractivity contribution in [3.8, 4) is 6.07 Å². The van der Waals surface area contributed by atoms with Gasteiger partial charge in [-0.3, -0.25) is 0 Å². The van der Waals surface area contributed by atoms with Crippen LogP contribution in [-0.2, 0) is 0 Å². The summed E-state index contributed by atoms with van der Waals surface area (Å²) in [7, 11) is 0. The zero-order valence-electron chi connectivity index (χ0n) is 8.48. The van der Waals surface area contributed by atoms with Crippen LogP contribution in [0, 0.1) is 11.3 Å². The van der Waals surface area contributed by atoms with Crippen LogP contribution in [0.25, 0.3) is 0 Å². The fourth-order valence-corrected chi connectivity index (χ4v) is 2.02. The molecule has 0 atom stereocenters. The maximum atomic E-state index is 8.77. The normalized spacial score (nSPS) is 9.71. The summed E-state index contributed by atoms with van der Waals surface area (Å²) in [6.45, 7) is 0. The number of aromatic nitrogens is 2. The largest absolute Gasteiger partial charge is 0.338 e. The number of hydrogen-bond donors (Lipinski definition) is 1. The first-order valence-electron chi connectivity index (χ1n) is 4.63. The number of nitriles is 1. The summed E-state index contributed by atoms with van der Waals surface area (Å²) in [6.07, 6.45) is 3.12. The average molecular weight is 354 g/mol. The van der Waals surface area contributed by atoms with Crippen LogP contribution in [-0.4, -0.2) is 9.97 Å². The van der Waals surface area contributed by atoms with Gasteiger partial charge in [0.2, 0.25) is 0 Å². The molecule has 0 amide bonds. The number of hydrogen-bond acceptors (Lipinski definition) is 4. The quantitative estimate of drug-likeness (QED) is 0.895. The Morgan fingerprint density at radius 1 is 1.24 bits per heavy atom. The van der Waals surface area contributed by atoms with E-state index in [0.29, 0.717) is 11.4 Å². The minimum Gasteiger partial charge on any atom is -0.338 e. The number of benzene rings is 1. The van der Waals surface area contributed by atoms with E-state index in [-0.39, 0.29) is 0 Å². The number of nitrogens with zero attached hydrogens (tertiary/aromatic N) is 3. The van der Waals surface area contributed by atoms with Gasteiger partial charge in [0.05, 0.1) is 21.8 Å². The first kappa shape index (κ1) is 12.0. The lowest BCUT2D eigenvalue weighted by molar-refractivity contribution is 1.15. The smallest absolute Gasteiger partial charge is 0.148 e. The van der Waals surface area contributed by atoms with Gasteiger partial charge in [-0.2, -0.15) is 5.26 Å². The van der Waals surface area contributed by atoms with Gasteiger partial charge in [0, 0.05) is 10.7 Å². The molecule has 1 heterocycles. The van der Waals surface area contributed by atoms with E-state index in [4.69, 9.17) is 5.26 Å². The Hall–Kier alpha value is -1.45. The van der Waals surface area contributed by atoms with Crippen molar-refractivity contribution in [2.24, 2.45) is 0 Å². The fraction of sp³-hybridized carbons (Fsp3) is 0. The minimum atomic E-state index is 0.601. The fourth-order valence-electron chi connectivity index (χ4n) is 1.22. The maximum Gasteiger partial charge on any atom is 0.148 e. The highest BCUT2D eigenvalue weighted by Crippen LogP contribution is 2.28. The van der Waals surface area contributed by atoms with Crippen LogP contribution in [0.3, 0.4) is 0 Å². The molecule has 0 bridgehead atoms. The monoisotopic (exact) mass is 352 g/mol. The van der Waals surface area contributed by atoms with Crippen molar-refractivity contribution in [3.05, 3.63) is 45.2 Å². The molecule has 0 fully saturated rings. The molecule has 1 aromatic carbocycles. The molecule has 1 N–H and O–H groups in total. The molecule has 2 rings (SSSR count). The van der Waals surface area contributed by atoms with Crippen LogP contribution in [0.15, 0.2) is 39.7 Å². The van der Waals surface area contributed by atoms with Gasteiger partial charge in [0.15, 0.2) is 0 Å². The lowest BCUT2D eigenvalue weighted by atomic mass is 10.2. The molecule has 6 heteroatoms. The van der Waals surface area contributed by atoms with E-state index in [1.807, 2.05) is 6.07 Å². The second-order valence-corrected chi connectivity index (χ2v) is 4.86. The first-order valence-corrected chi connectivity index (χ1v) is 6.21. The summed E-state index contributed by atoms with van der Waals surface area (Å²) in [5.74, 6) is 0.672. The van der Waals surface area contributed by atoms with E-state index in [9.17, 15) is 0 Å². The van der Waals surface area contributed by atoms with Crippen molar-refractivity contribution in [1.29, 1.82) is 5.26 Å². The minimum absolute atomic E-state index is 0.601. The molecule has 0 saturated carbocycles. The zero-order chi connectivity index (χ0) is 12.3. The summed E-state index contributed by atoms with van der Waals surface area (Å²) < 4.78 is 1.58. The van der Waals surface area contributed by atoms with Gasteiger partial charge in [-0.1, -0.05) is 0 Å². The Bertz CT molecular complexity index is 592. The van der Waals surface area contributed by atoms with E-state index in [1.165, 1.54) is 6.33 Å². The van der Waals surface area contributed by atoms with Gasteiger partial charge >= 0.3 is 0 Å². The molecule has 0 unspecified atom stereocenters. The van der Waals surface area contributed by atoms with Gasteiger partial charge in [-0.05, 0) is 50.1 Å². The summed E-state index contributed by atoms with van der Waals surface area (Å²) in [4.78, 5) is 7.99. The molecule has 1 aromatic heterocycles. The molecule has 0 saturated heterocycles. The molecule has 0 aliphatic carbocycles. The number of halogens is 2. The Morgan fingerprint density at radius 3 is 2.71 bits per heavy atom. The standard InChI is InChI=1S/C11H6Br2N4/c12-8-3-7(4-14)1-2-10(8)17-11-9(13)5-15-6-16-11/h1-3,5-6H,(H,15,16,17). The lowest BCUT2D eigenvalue weighted by Gasteiger charge is -2.08. The van der Waals surface area contributed by atoms with E-state index in [2.05, 4.69) is 53.2 Å². The molecular weight excluding hydrogens is 348 g/mol. The Kier molecular flexibility index (Phi) is 3.71. The second kappa shape index (κ2) is 5.25. The van der Waals surface area contributed by atoms with Gasteiger partial charge < -0.3 is 5.32 Å². The van der Waals surface area contributed by atoms with Crippen LogP contribution in [0.1, 0.15) is 5.56 Å². The molecule has 0 spiro atoms. The zero-order valence-corrected chi connectivity index (χ0v) is 11.7. The van der Waals surface area contributed by atoms with E-state index in [0.717, 1.165) is 14.6 Å². The van der Waals surface area contributed by atoms with Crippen LogP contribution in [0.4, 0.5) is 11.5 Å². The predicted octanol–water partition coefficient (Wildman–Crippen LogP) is 3.62. The lowest BCUT2D eigenvalue weighted by Crippen LogP contribution is -1.96. The van der Waals surface area contributed by atoms with Gasteiger partial charge in [-0.25, -0.2) is 9.97 Å². The summed E-state index contributed by atoms with van der Waals surface area (Å²) in [6, 6.07) is 7.38. The third-order valence-electron chi connectivity index (χ3n) is 2.02. The summed E-state index contributed by atoms with van der Waals surface area (Å²) >= 11 is 6.75. The SMILES string of the molecule is N#Cc1ccc(Nc2ncncc2Br)c(Br)c1. The van der Waals surface area contributed by atoms with Gasteiger partial charge in [0.1, 0.15) is 12.1 Å². The van der Waals surface area contributed by atoms with Crippen molar-refractivity contribution < 1.29 is 0 Å². The molecule has 0 aliphatic rings. The van der Waals surface area contributed by atoms with Crippen molar-refractivity contribution in [2.75, 3.05) is 5.32 Å². The highest BCUT2D eigenvalue weighted by Gasteiger charge is 2.05. The molecule has 4 nitrogen and oxygen atoms in total. The van der Waals surface area contributed by atoms with Crippen LogP contribution >= 0.6 is 31.9 Å². The molecule has 0 radical (unpaired) electrons. The highest BCUT2D eigenvalue weighted by atomic mass is 79.9. The van der Waals surface area contributed by atoms with Gasteiger partial charge in [0.25, 0.3) is 0 Å². The van der Waals surface area contributed by atoms with E-state index in [1.54, 1.807) is 18.3 Å². The van der Waals surface area contributed by atoms with Crippen LogP contribution in [0.2, 0.25) is 0 Å². The third kappa shape index (κ3) is 2.81. The number of nitrogens with one attached hydrogen (secondary N) is 1. The average Bonchev–Trinajstić information content (AvgIpc) is 2.34. The first-order chi connectivity index (χ1) is 8.20. The number of rotatable bonds is 2. The Labute approximate surface area is 115 Å². The molecule has 2 aromatic rings. The topological polar surface area (TPSA) is 61.6 Å². The predicted molar refractivity (Wildman–Crippen MR) is 71.9 cm³/mol. The van der Waals surface area contributed by atoms with Crippen molar-refractivity contribution >= 4 is 43.4 Å². The van der Waals surface area contributed by atoms with E-state index >= 15 is 0 Å².